The van der Waals surface area contributed by atoms with Crippen molar-refractivity contribution in [1.82, 2.24) is 9.80 Å². The smallest absolute Gasteiger partial charge is 0.123 e. The zero-order valence-electron chi connectivity index (χ0n) is 16.4. The molecule has 0 spiro atoms. The molecule has 2 aromatic carbocycles. The molecule has 1 saturated carbocycles. The van der Waals surface area contributed by atoms with E-state index in [1.54, 1.807) is 7.11 Å². The summed E-state index contributed by atoms with van der Waals surface area (Å²) >= 11 is 0. The average molecular weight is 369 g/mol. The van der Waals surface area contributed by atoms with Gasteiger partial charge < -0.3 is 9.84 Å². The van der Waals surface area contributed by atoms with Gasteiger partial charge in [0.2, 0.25) is 0 Å². The second kappa shape index (κ2) is 8.59. The van der Waals surface area contributed by atoms with Crippen molar-refractivity contribution < 1.29 is 9.84 Å². The quantitative estimate of drug-likeness (QED) is 0.844. The van der Waals surface area contributed by atoms with E-state index in [0.29, 0.717) is 6.04 Å². The highest BCUT2D eigenvalue weighted by atomic mass is 16.5. The fourth-order valence-electron chi connectivity index (χ4n) is 5.09. The molecule has 2 fully saturated rings. The molecule has 146 valence electrons. The average Bonchev–Trinajstić information content (AvgIpc) is 3.23. The van der Waals surface area contributed by atoms with Crippen LogP contribution >= 0.6 is 0 Å². The van der Waals surface area contributed by atoms with Crippen molar-refractivity contribution in [1.29, 1.82) is 0 Å². The third-order valence-electron chi connectivity index (χ3n) is 6.47. The lowest BCUT2D eigenvalue weighted by molar-refractivity contribution is 0.0266. The first-order chi connectivity index (χ1) is 13.3. The minimum absolute atomic E-state index is 0.277. The number of hydrogen-bond acceptors (Lipinski definition) is 4. The molecular weight excluding hydrogens is 336 g/mol. The van der Waals surface area contributed by atoms with E-state index in [9.17, 15) is 5.11 Å². The molecule has 1 atom stereocenters. The minimum atomic E-state index is 0.277. The number of nitrogens with zero attached hydrogens (tertiary/aromatic N) is 2. The number of rotatable bonds is 6. The second-order valence-electron chi connectivity index (χ2n) is 8.04. The maximum Gasteiger partial charge on any atom is 0.123 e. The monoisotopic (exact) mass is 368 g/mol. The Bertz CT molecular complexity index is 757. The van der Waals surface area contributed by atoms with Gasteiger partial charge in [0, 0.05) is 50.4 Å². The topological polar surface area (TPSA) is 35.9 Å². The SMILES string of the molecule is COc1ccc2ccccc2c1CN1CCN(C2CCCC2)[C@H](CCO)C1. The third-order valence-corrected chi connectivity index (χ3v) is 6.47. The van der Waals surface area contributed by atoms with E-state index >= 15 is 0 Å². The third kappa shape index (κ3) is 3.98. The summed E-state index contributed by atoms with van der Waals surface area (Å²) in [6.07, 6.45) is 6.27. The number of aliphatic hydroxyl groups is 1. The number of hydrogen-bond donors (Lipinski definition) is 1. The molecule has 1 aliphatic carbocycles. The predicted molar refractivity (Wildman–Crippen MR) is 110 cm³/mol. The molecule has 0 radical (unpaired) electrons. The van der Waals surface area contributed by atoms with E-state index in [0.717, 1.165) is 44.4 Å². The van der Waals surface area contributed by atoms with Gasteiger partial charge in [-0.25, -0.2) is 0 Å². The van der Waals surface area contributed by atoms with Crippen molar-refractivity contribution >= 4 is 10.8 Å². The Labute approximate surface area is 162 Å². The Morgan fingerprint density at radius 3 is 2.67 bits per heavy atom. The van der Waals surface area contributed by atoms with Gasteiger partial charge in [0.15, 0.2) is 0 Å². The van der Waals surface area contributed by atoms with Crippen LogP contribution in [0.5, 0.6) is 5.75 Å². The standard InChI is InChI=1S/C23H32N2O2/c1-27-23-11-10-18-6-2-5-9-21(18)22(23)17-24-13-14-25(19-7-3-4-8-19)20(16-24)12-15-26/h2,5-6,9-11,19-20,26H,3-4,7-8,12-17H2,1H3/t20-/m1/s1. The first kappa shape index (κ1) is 18.7. The van der Waals surface area contributed by atoms with Crippen molar-refractivity contribution in [3.05, 3.63) is 42.0 Å². The van der Waals surface area contributed by atoms with E-state index in [2.05, 4.69) is 46.2 Å². The second-order valence-corrected chi connectivity index (χ2v) is 8.04. The number of ether oxygens (including phenoxy) is 1. The zero-order valence-corrected chi connectivity index (χ0v) is 16.4. The van der Waals surface area contributed by atoms with Crippen LogP contribution in [0.2, 0.25) is 0 Å². The predicted octanol–water partition coefficient (Wildman–Crippen LogP) is 3.66. The Hall–Kier alpha value is -1.62. The van der Waals surface area contributed by atoms with Crippen LogP contribution in [0.25, 0.3) is 10.8 Å². The number of methoxy groups -OCH3 is 1. The van der Waals surface area contributed by atoms with Crippen molar-refractivity contribution in [2.24, 2.45) is 0 Å². The van der Waals surface area contributed by atoms with Crippen LogP contribution in [0.4, 0.5) is 0 Å². The highest BCUT2D eigenvalue weighted by Crippen LogP contribution is 2.32. The molecule has 0 aromatic heterocycles. The Kier molecular flexibility index (Phi) is 5.96. The fraction of sp³-hybridized carbons (Fsp3) is 0.565. The van der Waals surface area contributed by atoms with Crippen molar-refractivity contribution in [3.63, 3.8) is 0 Å². The highest BCUT2D eigenvalue weighted by molar-refractivity contribution is 5.87. The van der Waals surface area contributed by atoms with Gasteiger partial charge >= 0.3 is 0 Å². The van der Waals surface area contributed by atoms with Crippen LogP contribution < -0.4 is 4.74 Å². The fourth-order valence-corrected chi connectivity index (χ4v) is 5.09. The van der Waals surface area contributed by atoms with Crippen LogP contribution in [-0.2, 0) is 6.54 Å². The summed E-state index contributed by atoms with van der Waals surface area (Å²) in [6, 6.07) is 14.0. The van der Waals surface area contributed by atoms with Gasteiger partial charge in [-0.05, 0) is 36.1 Å². The first-order valence-electron chi connectivity index (χ1n) is 10.4. The number of fused-ring (bicyclic) bond motifs is 1. The summed E-state index contributed by atoms with van der Waals surface area (Å²) in [5.41, 5.74) is 1.28. The molecule has 1 aliphatic heterocycles. The van der Waals surface area contributed by atoms with Crippen LogP contribution in [-0.4, -0.2) is 60.3 Å². The number of aliphatic hydroxyl groups excluding tert-OH is 1. The van der Waals surface area contributed by atoms with Crippen molar-refractivity contribution in [3.8, 4) is 5.75 Å². The molecule has 2 aliphatic rings. The molecule has 4 nitrogen and oxygen atoms in total. The van der Waals surface area contributed by atoms with E-state index < -0.39 is 0 Å². The molecule has 1 N–H and O–H groups in total. The van der Waals surface area contributed by atoms with Crippen molar-refractivity contribution in [2.75, 3.05) is 33.4 Å². The maximum atomic E-state index is 9.61. The zero-order chi connectivity index (χ0) is 18.6. The van der Waals surface area contributed by atoms with Crippen molar-refractivity contribution in [2.45, 2.75) is 50.7 Å². The van der Waals surface area contributed by atoms with E-state index in [1.165, 1.54) is 42.0 Å². The highest BCUT2D eigenvalue weighted by Gasteiger charge is 2.33. The summed E-state index contributed by atoms with van der Waals surface area (Å²) in [5, 5.41) is 12.2. The van der Waals surface area contributed by atoms with Crippen LogP contribution in [0.15, 0.2) is 36.4 Å². The molecule has 4 heteroatoms. The molecule has 0 amide bonds. The van der Waals surface area contributed by atoms with Gasteiger partial charge in [-0.1, -0.05) is 43.2 Å². The van der Waals surface area contributed by atoms with Gasteiger partial charge in [0.25, 0.3) is 0 Å². The molecule has 0 unspecified atom stereocenters. The normalized spacial score (nSPS) is 22.5. The molecule has 4 rings (SSSR count). The lowest BCUT2D eigenvalue weighted by Gasteiger charge is -2.44. The Morgan fingerprint density at radius 2 is 1.89 bits per heavy atom. The van der Waals surface area contributed by atoms with Gasteiger partial charge in [-0.2, -0.15) is 0 Å². The summed E-state index contributed by atoms with van der Waals surface area (Å²) in [4.78, 5) is 5.25. The molecular formula is C23H32N2O2. The van der Waals surface area contributed by atoms with Gasteiger partial charge in [0.1, 0.15) is 5.75 Å². The largest absolute Gasteiger partial charge is 0.496 e. The van der Waals surface area contributed by atoms with Gasteiger partial charge in [0.05, 0.1) is 7.11 Å². The van der Waals surface area contributed by atoms with Crippen LogP contribution in [0.1, 0.15) is 37.7 Å². The summed E-state index contributed by atoms with van der Waals surface area (Å²) in [5.74, 6) is 0.977. The molecule has 1 heterocycles. The van der Waals surface area contributed by atoms with Gasteiger partial charge in [-0.3, -0.25) is 9.80 Å². The molecule has 27 heavy (non-hydrogen) atoms. The van der Waals surface area contributed by atoms with E-state index in [4.69, 9.17) is 4.74 Å². The van der Waals surface area contributed by atoms with Crippen LogP contribution in [0, 0.1) is 0 Å². The minimum Gasteiger partial charge on any atom is -0.496 e. The number of piperazine rings is 1. The Morgan fingerprint density at radius 1 is 1.07 bits per heavy atom. The lowest BCUT2D eigenvalue weighted by Crippen LogP contribution is -2.56. The summed E-state index contributed by atoms with van der Waals surface area (Å²) in [7, 11) is 1.76. The molecule has 1 saturated heterocycles. The lowest BCUT2D eigenvalue weighted by atomic mass is 10.0. The summed E-state index contributed by atoms with van der Waals surface area (Å²) in [6.45, 7) is 4.42. The van der Waals surface area contributed by atoms with E-state index in [1.807, 2.05) is 0 Å². The molecule has 0 bridgehead atoms. The van der Waals surface area contributed by atoms with Crippen LogP contribution in [0.3, 0.4) is 0 Å². The Balaban J connectivity index is 1.54. The van der Waals surface area contributed by atoms with E-state index in [-0.39, 0.29) is 6.61 Å². The first-order valence-corrected chi connectivity index (χ1v) is 10.4. The summed E-state index contributed by atoms with van der Waals surface area (Å²) < 4.78 is 5.69. The maximum absolute atomic E-state index is 9.61. The van der Waals surface area contributed by atoms with Gasteiger partial charge in [-0.15, -0.1) is 0 Å². The number of benzene rings is 2. The molecule has 2 aromatic rings.